The summed E-state index contributed by atoms with van der Waals surface area (Å²) in [4.78, 5) is 50.5. The number of benzene rings is 2. The van der Waals surface area contributed by atoms with Crippen molar-refractivity contribution in [1.29, 1.82) is 0 Å². The lowest BCUT2D eigenvalue weighted by atomic mass is 10.1. The highest BCUT2D eigenvalue weighted by Crippen LogP contribution is 2.43. The van der Waals surface area contributed by atoms with Gasteiger partial charge in [-0.05, 0) is 42.3 Å². The van der Waals surface area contributed by atoms with E-state index in [1.165, 1.54) is 23.9 Å². The normalized spacial score (nSPS) is 17.3. The molecule has 2 unspecified atom stereocenters. The van der Waals surface area contributed by atoms with E-state index in [1.54, 1.807) is 19.1 Å². The summed E-state index contributed by atoms with van der Waals surface area (Å²) in [7, 11) is 3.81. The van der Waals surface area contributed by atoms with Crippen LogP contribution in [-0.2, 0) is 14.4 Å². The van der Waals surface area contributed by atoms with Gasteiger partial charge in [-0.3, -0.25) is 19.8 Å². The molecule has 11 heteroatoms. The maximum atomic E-state index is 13.0. The van der Waals surface area contributed by atoms with Gasteiger partial charge in [-0.2, -0.15) is 0 Å². The van der Waals surface area contributed by atoms with Crippen molar-refractivity contribution in [3.63, 3.8) is 0 Å². The van der Waals surface area contributed by atoms with E-state index >= 15 is 0 Å². The SMILES string of the molecule is Cc1cc(=O)oc2cc(OCC(=O)NN3C(=O)C(CC(=O)O)SC3c3ccc(N(C)C)cc3)ccc12. The first-order valence-electron chi connectivity index (χ1n) is 11.1. The summed E-state index contributed by atoms with van der Waals surface area (Å²) in [5.41, 5.74) is 4.88. The lowest BCUT2D eigenvalue weighted by Gasteiger charge is -2.25. The third-order valence-corrected chi connectivity index (χ3v) is 7.07. The number of amides is 2. The number of anilines is 1. The number of hydrazine groups is 1. The smallest absolute Gasteiger partial charge is 0.336 e. The molecule has 0 saturated carbocycles. The number of hydrogen-bond donors (Lipinski definition) is 2. The first-order chi connectivity index (χ1) is 17.1. The van der Waals surface area contributed by atoms with E-state index in [-0.39, 0.29) is 6.42 Å². The van der Waals surface area contributed by atoms with E-state index in [2.05, 4.69) is 5.43 Å². The molecule has 1 aliphatic heterocycles. The van der Waals surface area contributed by atoms with Crippen molar-refractivity contribution in [2.75, 3.05) is 25.6 Å². The molecule has 10 nitrogen and oxygen atoms in total. The molecular formula is C25H25N3O7S. The first kappa shape index (κ1) is 25.1. The number of ether oxygens (including phenoxy) is 1. The molecular weight excluding hydrogens is 486 g/mol. The number of rotatable bonds is 8. The van der Waals surface area contributed by atoms with Gasteiger partial charge >= 0.3 is 11.6 Å². The molecule has 1 fully saturated rings. The zero-order valence-electron chi connectivity index (χ0n) is 19.9. The first-order valence-corrected chi connectivity index (χ1v) is 12.0. The van der Waals surface area contributed by atoms with Crippen molar-refractivity contribution in [3.05, 3.63) is 70.1 Å². The van der Waals surface area contributed by atoms with Gasteiger partial charge in [0.2, 0.25) is 0 Å². The van der Waals surface area contributed by atoms with Gasteiger partial charge in [0.25, 0.3) is 11.8 Å². The summed E-state index contributed by atoms with van der Waals surface area (Å²) >= 11 is 1.17. The van der Waals surface area contributed by atoms with Crippen LogP contribution >= 0.6 is 11.8 Å². The maximum Gasteiger partial charge on any atom is 0.336 e. The third kappa shape index (κ3) is 5.46. The molecule has 2 amide bonds. The monoisotopic (exact) mass is 511 g/mol. The third-order valence-electron chi connectivity index (χ3n) is 5.63. The molecule has 2 heterocycles. The number of carbonyl (C=O) groups is 3. The van der Waals surface area contributed by atoms with E-state index < -0.39 is 40.6 Å². The molecule has 0 bridgehead atoms. The molecule has 0 spiro atoms. The van der Waals surface area contributed by atoms with Crippen LogP contribution in [-0.4, -0.2) is 53.9 Å². The van der Waals surface area contributed by atoms with Crippen LogP contribution < -0.4 is 20.7 Å². The van der Waals surface area contributed by atoms with E-state index in [0.717, 1.165) is 27.2 Å². The summed E-state index contributed by atoms with van der Waals surface area (Å²) in [5.74, 6) is -1.88. The van der Waals surface area contributed by atoms with Crippen LogP contribution in [0, 0.1) is 6.92 Å². The van der Waals surface area contributed by atoms with Crippen LogP contribution in [0.3, 0.4) is 0 Å². The van der Waals surface area contributed by atoms with Crippen LogP contribution in [0.1, 0.15) is 22.9 Å². The van der Waals surface area contributed by atoms with Gasteiger partial charge in [-0.25, -0.2) is 9.80 Å². The van der Waals surface area contributed by atoms with Crippen LogP contribution in [0.2, 0.25) is 0 Å². The molecule has 3 aromatic rings. The number of thioether (sulfide) groups is 1. The Morgan fingerprint density at radius 3 is 2.53 bits per heavy atom. The van der Waals surface area contributed by atoms with Crippen LogP contribution in [0.5, 0.6) is 5.75 Å². The zero-order valence-corrected chi connectivity index (χ0v) is 20.7. The Morgan fingerprint density at radius 1 is 1.14 bits per heavy atom. The number of nitrogens with zero attached hydrogens (tertiary/aromatic N) is 2. The average Bonchev–Trinajstić information content (AvgIpc) is 3.11. The van der Waals surface area contributed by atoms with Gasteiger partial charge in [0.05, 0.1) is 11.7 Å². The minimum Gasteiger partial charge on any atom is -0.484 e. The fourth-order valence-electron chi connectivity index (χ4n) is 3.83. The lowest BCUT2D eigenvalue weighted by molar-refractivity contribution is -0.144. The Bertz CT molecular complexity index is 1370. The molecule has 36 heavy (non-hydrogen) atoms. The number of fused-ring (bicyclic) bond motifs is 1. The summed E-state index contributed by atoms with van der Waals surface area (Å²) < 4.78 is 10.8. The molecule has 2 atom stereocenters. The number of hydrogen-bond acceptors (Lipinski definition) is 8. The standard InChI is InChI=1S/C25H25N3O7S/c1-14-10-23(32)35-19-11-17(8-9-18(14)19)34-13-21(29)26-28-24(33)20(12-22(30)31)36-25(28)15-4-6-16(7-5-15)27(2)3/h4-11,20,25H,12-13H2,1-3H3,(H,26,29)(H,30,31). The van der Waals surface area contributed by atoms with Gasteiger partial charge in [-0.15, -0.1) is 11.8 Å². The fourth-order valence-corrected chi connectivity index (χ4v) is 5.20. The molecule has 1 aromatic heterocycles. The predicted octanol–water partition coefficient (Wildman–Crippen LogP) is 2.69. The number of nitrogens with one attached hydrogen (secondary N) is 1. The number of carbonyl (C=O) groups excluding carboxylic acids is 2. The summed E-state index contributed by atoms with van der Waals surface area (Å²) in [6.07, 6.45) is -0.361. The number of carboxylic acid groups (broad SMARTS) is 1. The molecule has 2 N–H and O–H groups in total. The van der Waals surface area contributed by atoms with E-state index in [4.69, 9.17) is 9.15 Å². The van der Waals surface area contributed by atoms with Gasteiger partial charge in [0.1, 0.15) is 16.7 Å². The quantitative estimate of drug-likeness (QED) is 0.439. The topological polar surface area (TPSA) is 129 Å². The second-order valence-corrected chi connectivity index (χ2v) is 9.79. The minimum absolute atomic E-state index is 0.313. The molecule has 188 valence electrons. The van der Waals surface area contributed by atoms with Crippen LogP contribution in [0.15, 0.2) is 57.7 Å². The second-order valence-electron chi connectivity index (χ2n) is 8.50. The Labute approximate surface area is 210 Å². The zero-order chi connectivity index (χ0) is 26.0. The van der Waals surface area contributed by atoms with E-state index in [9.17, 15) is 24.3 Å². The van der Waals surface area contributed by atoms with Crippen molar-refractivity contribution in [1.82, 2.24) is 10.4 Å². The summed E-state index contributed by atoms with van der Waals surface area (Å²) in [6.45, 7) is 1.38. The Morgan fingerprint density at radius 2 is 1.86 bits per heavy atom. The maximum absolute atomic E-state index is 13.0. The molecule has 1 aliphatic rings. The molecule has 4 rings (SSSR count). The number of carboxylic acids is 1. The van der Waals surface area contributed by atoms with Gasteiger partial charge in [0.15, 0.2) is 6.61 Å². The highest BCUT2D eigenvalue weighted by atomic mass is 32.2. The Hall–Kier alpha value is -3.99. The average molecular weight is 512 g/mol. The Kier molecular flexibility index (Phi) is 7.20. The van der Waals surface area contributed by atoms with Crippen molar-refractivity contribution < 1.29 is 28.6 Å². The van der Waals surface area contributed by atoms with Crippen molar-refractivity contribution in [2.45, 2.75) is 24.0 Å². The van der Waals surface area contributed by atoms with Gasteiger partial charge in [-0.1, -0.05) is 12.1 Å². The van der Waals surface area contributed by atoms with E-state index in [0.29, 0.717) is 11.3 Å². The van der Waals surface area contributed by atoms with Gasteiger partial charge < -0.3 is 19.2 Å². The second kappa shape index (κ2) is 10.3. The molecule has 1 saturated heterocycles. The molecule has 0 radical (unpaired) electrons. The largest absolute Gasteiger partial charge is 0.484 e. The van der Waals surface area contributed by atoms with Crippen molar-refractivity contribution in [3.8, 4) is 5.75 Å². The minimum atomic E-state index is -1.10. The lowest BCUT2D eigenvalue weighted by Crippen LogP contribution is -2.47. The number of aliphatic carboxylic acids is 1. The summed E-state index contributed by atoms with van der Waals surface area (Å²) in [6, 6.07) is 13.7. The van der Waals surface area contributed by atoms with Crippen molar-refractivity contribution in [2.24, 2.45) is 0 Å². The predicted molar refractivity (Wildman–Crippen MR) is 135 cm³/mol. The molecule has 0 aliphatic carbocycles. The van der Waals surface area contributed by atoms with Crippen molar-refractivity contribution >= 4 is 46.2 Å². The van der Waals surface area contributed by atoms with Crippen LogP contribution in [0.4, 0.5) is 5.69 Å². The van der Waals surface area contributed by atoms with Crippen LogP contribution in [0.25, 0.3) is 11.0 Å². The molecule has 2 aromatic carbocycles. The van der Waals surface area contributed by atoms with Gasteiger partial charge in [0, 0.05) is 37.3 Å². The van der Waals surface area contributed by atoms with E-state index in [1.807, 2.05) is 43.3 Å². The summed E-state index contributed by atoms with van der Waals surface area (Å²) in [5, 5.41) is 9.69. The highest BCUT2D eigenvalue weighted by molar-refractivity contribution is 8.01. The highest BCUT2D eigenvalue weighted by Gasteiger charge is 2.43. The Balaban J connectivity index is 1.48. The fraction of sp³-hybridized carbons (Fsp3) is 0.280. The number of aryl methyl sites for hydroxylation is 1.